The van der Waals surface area contributed by atoms with Crippen molar-refractivity contribution >= 4 is 29.1 Å². The number of ether oxygens (including phenoxy) is 1. The van der Waals surface area contributed by atoms with Gasteiger partial charge in [0, 0.05) is 5.56 Å². The van der Waals surface area contributed by atoms with E-state index in [2.05, 4.69) is 4.98 Å². The Hall–Kier alpha value is -1.72. The van der Waals surface area contributed by atoms with E-state index in [9.17, 15) is 9.46 Å². The monoisotopic (exact) mass is 349 g/mol. The molecule has 5 nitrogen and oxygen atoms in total. The zero-order valence-corrected chi connectivity index (χ0v) is 14.2. The summed E-state index contributed by atoms with van der Waals surface area (Å²) in [6.07, 6.45) is -0.371. The zero-order valence-electron chi connectivity index (χ0n) is 12.5. The molecule has 3 aromatic rings. The first-order chi connectivity index (χ1) is 11.1. The van der Waals surface area contributed by atoms with E-state index in [1.165, 1.54) is 0 Å². The van der Waals surface area contributed by atoms with Crippen molar-refractivity contribution in [1.29, 1.82) is 0 Å². The van der Waals surface area contributed by atoms with Crippen LogP contribution >= 0.6 is 18.9 Å². The lowest BCUT2D eigenvalue weighted by atomic mass is 10.2. The third-order valence-corrected chi connectivity index (χ3v) is 5.30. The molecule has 0 amide bonds. The molecule has 2 aromatic carbocycles. The van der Waals surface area contributed by atoms with Gasteiger partial charge in [-0.1, -0.05) is 24.3 Å². The minimum absolute atomic E-state index is 0.170. The smallest absolute Gasteiger partial charge is 0.365 e. The van der Waals surface area contributed by atoms with Gasteiger partial charge in [-0.25, -0.2) is 4.98 Å². The fraction of sp³-hybridized carbons (Fsp3) is 0.188. The van der Waals surface area contributed by atoms with E-state index in [4.69, 9.17) is 9.26 Å². The summed E-state index contributed by atoms with van der Waals surface area (Å²) in [6, 6.07) is 15.3. The number of fused-ring (bicyclic) bond motifs is 1. The fourth-order valence-electron chi connectivity index (χ4n) is 2.11. The van der Waals surface area contributed by atoms with Crippen LogP contribution in [0.15, 0.2) is 48.5 Å². The first-order valence-corrected chi connectivity index (χ1v) is 9.70. The summed E-state index contributed by atoms with van der Waals surface area (Å²) in [7, 11) is -3.70. The van der Waals surface area contributed by atoms with Crippen LogP contribution in [0.2, 0.25) is 0 Å². The standard InChI is InChI=1S/C16H16NO4PS/c1-2-21-22(18,19)11-20-13-7-5-6-12(10-13)16-17-14-8-3-4-9-15(14)23-16/h3-10H,2,11H2,1H3,(H,18,19). The molecule has 7 heteroatoms. The molecule has 0 aliphatic carbocycles. The Kier molecular flexibility index (Phi) is 4.78. The van der Waals surface area contributed by atoms with E-state index in [0.717, 1.165) is 20.8 Å². The summed E-state index contributed by atoms with van der Waals surface area (Å²) < 4.78 is 23.0. The first kappa shape index (κ1) is 16.1. The molecule has 0 saturated carbocycles. The SMILES string of the molecule is CCOP(=O)(O)COc1cccc(-c2nc3ccccc3s2)c1. The van der Waals surface area contributed by atoms with Crippen LogP contribution in [0, 0.1) is 0 Å². The second kappa shape index (κ2) is 6.81. The van der Waals surface area contributed by atoms with E-state index in [1.54, 1.807) is 24.3 Å². The molecule has 0 fully saturated rings. The lowest BCUT2D eigenvalue weighted by molar-refractivity contribution is 0.241. The zero-order chi connectivity index (χ0) is 16.3. The maximum absolute atomic E-state index is 11.7. The number of nitrogens with zero attached hydrogens (tertiary/aromatic N) is 1. The summed E-state index contributed by atoms with van der Waals surface area (Å²) >= 11 is 1.60. The van der Waals surface area contributed by atoms with E-state index in [0.29, 0.717) is 5.75 Å². The van der Waals surface area contributed by atoms with Crippen LogP contribution in [0.25, 0.3) is 20.8 Å². The molecule has 0 bridgehead atoms. The van der Waals surface area contributed by atoms with Gasteiger partial charge >= 0.3 is 7.60 Å². The third kappa shape index (κ3) is 3.98. The Morgan fingerprint density at radius 2 is 2.04 bits per heavy atom. The van der Waals surface area contributed by atoms with E-state index >= 15 is 0 Å². The molecule has 1 heterocycles. The molecule has 0 aliphatic heterocycles. The lowest BCUT2D eigenvalue weighted by Gasteiger charge is -2.12. The highest BCUT2D eigenvalue weighted by atomic mass is 32.1. The number of hydrogen-bond donors (Lipinski definition) is 1. The Bertz CT molecular complexity index is 831. The van der Waals surface area contributed by atoms with Gasteiger partial charge in [0.05, 0.1) is 16.8 Å². The highest BCUT2D eigenvalue weighted by Crippen LogP contribution is 2.42. The van der Waals surface area contributed by atoms with Gasteiger partial charge in [0.15, 0.2) is 6.35 Å². The highest BCUT2D eigenvalue weighted by Gasteiger charge is 2.19. The molecule has 1 atom stereocenters. The van der Waals surface area contributed by atoms with Gasteiger partial charge in [0.2, 0.25) is 0 Å². The number of para-hydroxylation sites is 1. The average molecular weight is 349 g/mol. The van der Waals surface area contributed by atoms with Gasteiger partial charge in [-0.05, 0) is 31.2 Å². The van der Waals surface area contributed by atoms with Crippen LogP contribution in [0.4, 0.5) is 0 Å². The van der Waals surface area contributed by atoms with Crippen molar-refractivity contribution < 1.29 is 18.7 Å². The van der Waals surface area contributed by atoms with Crippen molar-refractivity contribution in [3.05, 3.63) is 48.5 Å². The predicted molar refractivity (Wildman–Crippen MR) is 92.0 cm³/mol. The molecular weight excluding hydrogens is 333 g/mol. The molecular formula is C16H16NO4PS. The largest absolute Gasteiger partial charge is 0.481 e. The van der Waals surface area contributed by atoms with Crippen molar-refractivity contribution in [2.45, 2.75) is 6.92 Å². The van der Waals surface area contributed by atoms with E-state index in [-0.39, 0.29) is 13.0 Å². The number of thiazole rings is 1. The molecule has 120 valence electrons. The molecule has 0 aliphatic rings. The molecule has 0 radical (unpaired) electrons. The average Bonchev–Trinajstić information content (AvgIpc) is 2.97. The topological polar surface area (TPSA) is 68.7 Å². The van der Waals surface area contributed by atoms with Crippen LogP contribution in [0.1, 0.15) is 6.92 Å². The third-order valence-electron chi connectivity index (χ3n) is 3.10. The summed E-state index contributed by atoms with van der Waals surface area (Å²) in [6.45, 7) is 1.83. The van der Waals surface area contributed by atoms with Crippen LogP contribution in [-0.2, 0) is 9.09 Å². The predicted octanol–water partition coefficient (Wildman–Crippen LogP) is 4.52. The molecule has 23 heavy (non-hydrogen) atoms. The summed E-state index contributed by atoms with van der Waals surface area (Å²) in [5.41, 5.74) is 1.86. The van der Waals surface area contributed by atoms with Gasteiger partial charge in [-0.2, -0.15) is 0 Å². The molecule has 0 spiro atoms. The second-order valence-electron chi connectivity index (χ2n) is 4.84. The highest BCUT2D eigenvalue weighted by molar-refractivity contribution is 7.52. The normalized spacial score (nSPS) is 13.8. The van der Waals surface area contributed by atoms with Crippen molar-refractivity contribution in [2.24, 2.45) is 0 Å². The van der Waals surface area contributed by atoms with Gasteiger partial charge < -0.3 is 14.2 Å². The Labute approximate surface area is 138 Å². The van der Waals surface area contributed by atoms with Crippen LogP contribution in [-0.4, -0.2) is 22.8 Å². The molecule has 1 unspecified atom stereocenters. The Balaban J connectivity index is 1.81. The van der Waals surface area contributed by atoms with Crippen molar-refractivity contribution in [3.63, 3.8) is 0 Å². The fourth-order valence-corrected chi connectivity index (χ4v) is 3.86. The minimum atomic E-state index is -3.70. The molecule has 0 saturated heterocycles. The van der Waals surface area contributed by atoms with Gasteiger partial charge in [0.1, 0.15) is 10.8 Å². The van der Waals surface area contributed by atoms with Crippen molar-refractivity contribution in [3.8, 4) is 16.3 Å². The Morgan fingerprint density at radius 3 is 2.83 bits per heavy atom. The summed E-state index contributed by atoms with van der Waals surface area (Å²) in [5, 5.41) is 0.883. The van der Waals surface area contributed by atoms with Crippen LogP contribution < -0.4 is 4.74 Å². The maximum Gasteiger partial charge on any atom is 0.365 e. The summed E-state index contributed by atoms with van der Waals surface area (Å²) in [4.78, 5) is 14.2. The second-order valence-corrected chi connectivity index (χ2v) is 7.67. The minimum Gasteiger partial charge on any atom is -0.481 e. The van der Waals surface area contributed by atoms with E-state index in [1.807, 2.05) is 42.5 Å². The van der Waals surface area contributed by atoms with Gasteiger partial charge in [-0.15, -0.1) is 11.3 Å². The van der Waals surface area contributed by atoms with Gasteiger partial charge in [0.25, 0.3) is 0 Å². The van der Waals surface area contributed by atoms with Crippen LogP contribution in [0.5, 0.6) is 5.75 Å². The number of hydrogen-bond acceptors (Lipinski definition) is 5. The molecule has 3 rings (SSSR count). The van der Waals surface area contributed by atoms with Crippen molar-refractivity contribution in [2.75, 3.05) is 13.0 Å². The number of rotatable bonds is 6. The Morgan fingerprint density at radius 1 is 1.22 bits per heavy atom. The number of aromatic nitrogens is 1. The maximum atomic E-state index is 11.7. The van der Waals surface area contributed by atoms with Crippen molar-refractivity contribution in [1.82, 2.24) is 4.98 Å². The first-order valence-electron chi connectivity index (χ1n) is 7.12. The summed E-state index contributed by atoms with van der Waals surface area (Å²) in [5.74, 6) is 0.510. The van der Waals surface area contributed by atoms with E-state index < -0.39 is 7.60 Å². The molecule has 1 N–H and O–H groups in total. The van der Waals surface area contributed by atoms with Crippen LogP contribution in [0.3, 0.4) is 0 Å². The number of benzene rings is 2. The lowest BCUT2D eigenvalue weighted by Crippen LogP contribution is -2.01. The quantitative estimate of drug-likeness (QED) is 0.663. The molecule has 1 aromatic heterocycles. The van der Waals surface area contributed by atoms with Gasteiger partial charge in [-0.3, -0.25) is 4.57 Å².